The highest BCUT2D eigenvalue weighted by molar-refractivity contribution is 5.45. The maximum atomic E-state index is 9.84. The van der Waals surface area contributed by atoms with Crippen molar-refractivity contribution >= 4 is 6.41 Å². The molecular formula is C12H31N3O. The molecule has 0 aromatic heterocycles. The molecule has 0 fully saturated rings. The van der Waals surface area contributed by atoms with Crippen LogP contribution in [0.2, 0.25) is 0 Å². The lowest BCUT2D eigenvalue weighted by molar-refractivity contribution is -0.109. The van der Waals surface area contributed by atoms with E-state index in [1.54, 1.807) is 0 Å². The van der Waals surface area contributed by atoms with Crippen molar-refractivity contribution in [2.24, 2.45) is 5.73 Å². The van der Waals surface area contributed by atoms with Crippen molar-refractivity contribution in [3.63, 3.8) is 0 Å². The average Bonchev–Trinajstić information content (AvgIpc) is 2.38. The second kappa shape index (κ2) is 29.3. The summed E-state index contributed by atoms with van der Waals surface area (Å²) in [6.45, 7) is 11.4. The van der Waals surface area contributed by atoms with E-state index in [2.05, 4.69) is 10.6 Å². The Morgan fingerprint density at radius 2 is 1.50 bits per heavy atom. The Morgan fingerprint density at radius 3 is 2.00 bits per heavy atom. The van der Waals surface area contributed by atoms with E-state index in [-0.39, 0.29) is 0 Å². The Bertz CT molecular complexity index is 100. The first-order valence-corrected chi connectivity index (χ1v) is 6.49. The third kappa shape index (κ3) is 29.2. The van der Waals surface area contributed by atoms with Crippen LogP contribution in [-0.2, 0) is 4.79 Å². The normalized spacial score (nSPS) is 8.06. The van der Waals surface area contributed by atoms with Crippen LogP contribution in [0.5, 0.6) is 0 Å². The molecule has 0 radical (unpaired) electrons. The van der Waals surface area contributed by atoms with Crippen molar-refractivity contribution in [3.8, 4) is 0 Å². The van der Waals surface area contributed by atoms with Crippen LogP contribution >= 0.6 is 0 Å². The van der Waals surface area contributed by atoms with Gasteiger partial charge in [0.05, 0.1) is 0 Å². The molecule has 4 heteroatoms. The topological polar surface area (TPSA) is 67.2 Å². The third-order valence-corrected chi connectivity index (χ3v) is 1.58. The molecule has 4 N–H and O–H groups in total. The SMILES string of the molecule is CC.CC.NCCNCCCCCNC=O. The number of carbonyl (C=O) groups is 1. The number of carbonyl (C=O) groups excluding carboxylic acids is 1. The predicted octanol–water partition coefficient (Wildman–Crippen LogP) is 1.50. The fraction of sp³-hybridized carbons (Fsp3) is 0.917. The van der Waals surface area contributed by atoms with Gasteiger partial charge in [-0.3, -0.25) is 4.79 Å². The molecule has 0 aliphatic rings. The zero-order chi connectivity index (χ0) is 13.1. The van der Waals surface area contributed by atoms with Gasteiger partial charge in [-0.05, 0) is 19.4 Å². The predicted molar refractivity (Wildman–Crippen MR) is 72.5 cm³/mol. The van der Waals surface area contributed by atoms with Crippen molar-refractivity contribution < 1.29 is 4.79 Å². The van der Waals surface area contributed by atoms with Gasteiger partial charge in [0.15, 0.2) is 0 Å². The van der Waals surface area contributed by atoms with Crippen LogP contribution in [0.4, 0.5) is 0 Å². The summed E-state index contributed by atoms with van der Waals surface area (Å²) in [7, 11) is 0. The van der Waals surface area contributed by atoms with Crippen LogP contribution in [0.25, 0.3) is 0 Å². The van der Waals surface area contributed by atoms with Gasteiger partial charge in [0.25, 0.3) is 0 Å². The summed E-state index contributed by atoms with van der Waals surface area (Å²) in [5.41, 5.74) is 5.30. The minimum Gasteiger partial charge on any atom is -0.359 e. The Kier molecular flexibility index (Phi) is 38.0. The van der Waals surface area contributed by atoms with Gasteiger partial charge >= 0.3 is 0 Å². The maximum Gasteiger partial charge on any atom is 0.207 e. The molecule has 0 spiro atoms. The van der Waals surface area contributed by atoms with Crippen molar-refractivity contribution in [2.45, 2.75) is 47.0 Å². The summed E-state index contributed by atoms with van der Waals surface area (Å²) < 4.78 is 0. The first-order valence-electron chi connectivity index (χ1n) is 6.49. The highest BCUT2D eigenvalue weighted by atomic mass is 16.1. The summed E-state index contributed by atoms with van der Waals surface area (Å²) in [4.78, 5) is 9.84. The van der Waals surface area contributed by atoms with Crippen molar-refractivity contribution in [1.29, 1.82) is 0 Å². The molecule has 0 heterocycles. The molecule has 0 aromatic rings. The Morgan fingerprint density at radius 1 is 0.938 bits per heavy atom. The summed E-state index contributed by atoms with van der Waals surface area (Å²) in [5, 5.41) is 5.84. The van der Waals surface area contributed by atoms with Gasteiger partial charge in [-0.1, -0.05) is 34.1 Å². The van der Waals surface area contributed by atoms with Crippen molar-refractivity contribution in [1.82, 2.24) is 10.6 Å². The number of hydrogen-bond acceptors (Lipinski definition) is 3. The van der Waals surface area contributed by atoms with E-state index in [9.17, 15) is 4.79 Å². The molecule has 16 heavy (non-hydrogen) atoms. The van der Waals surface area contributed by atoms with E-state index in [0.717, 1.165) is 45.3 Å². The monoisotopic (exact) mass is 233 g/mol. The number of amides is 1. The van der Waals surface area contributed by atoms with Gasteiger partial charge in [0, 0.05) is 19.6 Å². The molecule has 1 amide bonds. The van der Waals surface area contributed by atoms with Gasteiger partial charge in [0.1, 0.15) is 0 Å². The molecule has 100 valence electrons. The first-order chi connectivity index (χ1) is 7.91. The van der Waals surface area contributed by atoms with E-state index < -0.39 is 0 Å². The van der Waals surface area contributed by atoms with Gasteiger partial charge in [-0.25, -0.2) is 0 Å². The number of rotatable bonds is 9. The van der Waals surface area contributed by atoms with E-state index in [1.807, 2.05) is 27.7 Å². The minimum atomic E-state index is 0.701. The van der Waals surface area contributed by atoms with E-state index >= 15 is 0 Å². The molecule has 0 aliphatic carbocycles. The minimum absolute atomic E-state index is 0.701. The number of unbranched alkanes of at least 4 members (excludes halogenated alkanes) is 2. The largest absolute Gasteiger partial charge is 0.359 e. The zero-order valence-electron chi connectivity index (χ0n) is 11.5. The fourth-order valence-electron chi connectivity index (χ4n) is 0.940. The smallest absolute Gasteiger partial charge is 0.207 e. The second-order valence-corrected chi connectivity index (χ2v) is 2.67. The van der Waals surface area contributed by atoms with E-state index in [4.69, 9.17) is 5.73 Å². The van der Waals surface area contributed by atoms with Crippen LogP contribution < -0.4 is 16.4 Å². The van der Waals surface area contributed by atoms with Crippen LogP contribution in [-0.4, -0.2) is 32.6 Å². The summed E-state index contributed by atoms with van der Waals surface area (Å²) in [6.07, 6.45) is 4.11. The lowest BCUT2D eigenvalue weighted by atomic mass is 10.2. The summed E-state index contributed by atoms with van der Waals surface area (Å²) in [5.74, 6) is 0. The molecule has 0 rings (SSSR count). The van der Waals surface area contributed by atoms with Crippen LogP contribution in [0.1, 0.15) is 47.0 Å². The van der Waals surface area contributed by atoms with Crippen molar-refractivity contribution in [2.75, 3.05) is 26.2 Å². The average molecular weight is 233 g/mol. The molecule has 4 nitrogen and oxygen atoms in total. The van der Waals surface area contributed by atoms with Crippen LogP contribution in [0, 0.1) is 0 Å². The second-order valence-electron chi connectivity index (χ2n) is 2.67. The van der Waals surface area contributed by atoms with Gasteiger partial charge in [-0.2, -0.15) is 0 Å². The van der Waals surface area contributed by atoms with Gasteiger partial charge in [0.2, 0.25) is 6.41 Å². The molecular weight excluding hydrogens is 202 g/mol. The van der Waals surface area contributed by atoms with E-state index in [1.165, 1.54) is 0 Å². The quantitative estimate of drug-likeness (QED) is 0.418. The Hall–Kier alpha value is -0.610. The van der Waals surface area contributed by atoms with Gasteiger partial charge < -0.3 is 16.4 Å². The molecule has 0 aromatic carbocycles. The van der Waals surface area contributed by atoms with Crippen LogP contribution in [0.3, 0.4) is 0 Å². The standard InChI is InChI=1S/C8H19N3O.2C2H6/c9-4-7-10-5-2-1-3-6-11-8-12;2*1-2/h8,10H,1-7,9H2,(H,11,12);2*1-2H3. The summed E-state index contributed by atoms with van der Waals surface area (Å²) >= 11 is 0. The molecule has 0 unspecified atom stereocenters. The van der Waals surface area contributed by atoms with Crippen LogP contribution in [0.15, 0.2) is 0 Å². The fourth-order valence-corrected chi connectivity index (χ4v) is 0.940. The number of nitrogens with two attached hydrogens (primary N) is 1. The molecule has 0 atom stereocenters. The Labute approximate surface area is 101 Å². The highest BCUT2D eigenvalue weighted by Crippen LogP contribution is 1.91. The Balaban J connectivity index is -0.000000376. The molecule has 0 bridgehead atoms. The maximum absolute atomic E-state index is 9.84. The number of hydrogen-bond donors (Lipinski definition) is 3. The molecule has 0 saturated carbocycles. The summed E-state index contributed by atoms with van der Waals surface area (Å²) in [6, 6.07) is 0. The van der Waals surface area contributed by atoms with E-state index in [0.29, 0.717) is 6.54 Å². The van der Waals surface area contributed by atoms with Crippen molar-refractivity contribution in [3.05, 3.63) is 0 Å². The molecule has 0 aliphatic heterocycles. The number of nitrogens with one attached hydrogen (secondary N) is 2. The lowest BCUT2D eigenvalue weighted by Crippen LogP contribution is -2.23. The van der Waals surface area contributed by atoms with Gasteiger partial charge in [-0.15, -0.1) is 0 Å². The molecule has 0 saturated heterocycles. The third-order valence-electron chi connectivity index (χ3n) is 1.58. The first kappa shape index (κ1) is 20.8. The lowest BCUT2D eigenvalue weighted by Gasteiger charge is -2.02. The zero-order valence-corrected chi connectivity index (χ0v) is 11.5. The highest BCUT2D eigenvalue weighted by Gasteiger charge is 1.88.